The Morgan fingerprint density at radius 1 is 1.43 bits per heavy atom. The first kappa shape index (κ1) is 16.8. The van der Waals surface area contributed by atoms with Crippen LogP contribution in [0.2, 0.25) is 0 Å². The number of nitrogens with zero attached hydrogens (tertiary/aromatic N) is 1. The lowest BCUT2D eigenvalue weighted by Crippen LogP contribution is -2.42. The maximum absolute atomic E-state index is 12.7. The van der Waals surface area contributed by atoms with E-state index < -0.39 is 0 Å². The molecule has 122 valence electrons. The van der Waals surface area contributed by atoms with Crippen LogP contribution in [0.5, 0.6) is 0 Å². The van der Waals surface area contributed by atoms with Crippen LogP contribution in [-0.2, 0) is 9.53 Å². The van der Waals surface area contributed by atoms with Crippen molar-refractivity contribution in [1.82, 2.24) is 10.2 Å². The van der Waals surface area contributed by atoms with Crippen molar-refractivity contribution < 1.29 is 9.53 Å². The highest BCUT2D eigenvalue weighted by molar-refractivity contribution is 5.84. The zero-order valence-corrected chi connectivity index (χ0v) is 13.9. The van der Waals surface area contributed by atoms with Crippen molar-refractivity contribution >= 4 is 5.91 Å². The van der Waals surface area contributed by atoms with E-state index in [-0.39, 0.29) is 12.2 Å². The standard InChI is InChI=1S/C17H32N2O2/c1-4-5-8-15-17(20)19(16(18-15)10-13(2)3)11-14-7-6-9-21-12-14/h13-16,18H,4-12H2,1-3H3. The first-order chi connectivity index (χ1) is 10.1. The molecule has 4 heteroatoms. The molecule has 0 saturated carbocycles. The Bertz CT molecular complexity index is 327. The van der Waals surface area contributed by atoms with Gasteiger partial charge < -0.3 is 9.64 Å². The maximum atomic E-state index is 12.7. The molecule has 2 fully saturated rings. The van der Waals surface area contributed by atoms with Crippen LogP contribution >= 0.6 is 0 Å². The number of carbonyl (C=O) groups is 1. The highest BCUT2D eigenvalue weighted by Gasteiger charge is 2.39. The minimum Gasteiger partial charge on any atom is -0.381 e. The van der Waals surface area contributed by atoms with Crippen LogP contribution in [0.4, 0.5) is 0 Å². The van der Waals surface area contributed by atoms with Crippen molar-refractivity contribution in [2.75, 3.05) is 19.8 Å². The Hall–Kier alpha value is -0.610. The second-order valence-electron chi connectivity index (χ2n) is 7.08. The van der Waals surface area contributed by atoms with Crippen LogP contribution in [-0.4, -0.2) is 42.8 Å². The normalized spacial score (nSPS) is 30.4. The number of carbonyl (C=O) groups excluding carboxylic acids is 1. The lowest BCUT2D eigenvalue weighted by molar-refractivity contribution is -0.131. The summed E-state index contributed by atoms with van der Waals surface area (Å²) in [5.74, 6) is 1.44. The molecule has 2 saturated heterocycles. The SMILES string of the molecule is CCCCC1NC(CC(C)C)N(CC2CCCOC2)C1=O. The fourth-order valence-corrected chi connectivity index (χ4v) is 3.45. The molecule has 2 rings (SSSR count). The summed E-state index contributed by atoms with van der Waals surface area (Å²) >= 11 is 0. The van der Waals surface area contributed by atoms with E-state index in [1.165, 1.54) is 6.42 Å². The molecule has 2 heterocycles. The third kappa shape index (κ3) is 4.68. The average Bonchev–Trinajstić information content (AvgIpc) is 2.74. The van der Waals surface area contributed by atoms with Crippen molar-refractivity contribution in [2.45, 2.75) is 71.5 Å². The average molecular weight is 296 g/mol. The van der Waals surface area contributed by atoms with Gasteiger partial charge in [0, 0.05) is 19.1 Å². The van der Waals surface area contributed by atoms with Gasteiger partial charge in [-0.1, -0.05) is 33.6 Å². The molecule has 1 N–H and O–H groups in total. The highest BCUT2D eigenvalue weighted by atomic mass is 16.5. The maximum Gasteiger partial charge on any atom is 0.241 e. The van der Waals surface area contributed by atoms with Gasteiger partial charge in [-0.25, -0.2) is 0 Å². The predicted octanol–water partition coefficient (Wildman–Crippen LogP) is 2.78. The molecule has 0 spiro atoms. The van der Waals surface area contributed by atoms with Crippen molar-refractivity contribution in [2.24, 2.45) is 11.8 Å². The van der Waals surface area contributed by atoms with Crippen LogP contribution in [0.3, 0.4) is 0 Å². The Morgan fingerprint density at radius 3 is 2.86 bits per heavy atom. The van der Waals surface area contributed by atoms with E-state index in [2.05, 4.69) is 31.0 Å². The summed E-state index contributed by atoms with van der Waals surface area (Å²) in [6.07, 6.45) is 6.84. The Labute approximate surface area is 129 Å². The van der Waals surface area contributed by atoms with E-state index >= 15 is 0 Å². The monoisotopic (exact) mass is 296 g/mol. The number of ether oxygens (including phenoxy) is 1. The fraction of sp³-hybridized carbons (Fsp3) is 0.941. The molecule has 4 nitrogen and oxygen atoms in total. The van der Waals surface area contributed by atoms with Gasteiger partial charge in [0.25, 0.3) is 0 Å². The van der Waals surface area contributed by atoms with Crippen molar-refractivity contribution in [3.63, 3.8) is 0 Å². The second-order valence-corrected chi connectivity index (χ2v) is 7.08. The van der Waals surface area contributed by atoms with Crippen molar-refractivity contribution in [3.8, 4) is 0 Å². The highest BCUT2D eigenvalue weighted by Crippen LogP contribution is 2.24. The number of rotatable bonds is 7. The summed E-state index contributed by atoms with van der Waals surface area (Å²) < 4.78 is 5.58. The number of unbranched alkanes of at least 4 members (excludes halogenated alkanes) is 1. The van der Waals surface area contributed by atoms with E-state index in [1.54, 1.807) is 0 Å². The molecule has 1 amide bonds. The molecule has 0 radical (unpaired) electrons. The van der Waals surface area contributed by atoms with E-state index in [1.807, 2.05) is 0 Å². The zero-order valence-electron chi connectivity index (χ0n) is 13.9. The minimum absolute atomic E-state index is 0.0400. The van der Waals surface area contributed by atoms with E-state index in [0.717, 1.165) is 51.9 Å². The van der Waals surface area contributed by atoms with Crippen molar-refractivity contribution in [1.29, 1.82) is 0 Å². The smallest absolute Gasteiger partial charge is 0.241 e. The molecule has 0 aromatic carbocycles. The molecular weight excluding hydrogens is 264 g/mol. The summed E-state index contributed by atoms with van der Waals surface area (Å²) in [5.41, 5.74) is 0. The first-order valence-electron chi connectivity index (χ1n) is 8.76. The molecular formula is C17H32N2O2. The minimum atomic E-state index is 0.0400. The van der Waals surface area contributed by atoms with Gasteiger partial charge in [0.15, 0.2) is 0 Å². The van der Waals surface area contributed by atoms with Crippen LogP contribution in [0.1, 0.15) is 59.3 Å². The van der Waals surface area contributed by atoms with E-state index in [9.17, 15) is 4.79 Å². The molecule has 0 aliphatic carbocycles. The summed E-state index contributed by atoms with van der Waals surface area (Å²) in [6, 6.07) is 0.0400. The molecule has 2 aliphatic heterocycles. The predicted molar refractivity (Wildman–Crippen MR) is 84.9 cm³/mol. The van der Waals surface area contributed by atoms with Gasteiger partial charge in [-0.05, 0) is 31.6 Å². The molecule has 0 bridgehead atoms. The van der Waals surface area contributed by atoms with Gasteiger partial charge >= 0.3 is 0 Å². The topological polar surface area (TPSA) is 41.6 Å². The molecule has 3 atom stereocenters. The molecule has 2 aliphatic rings. The van der Waals surface area contributed by atoms with Crippen LogP contribution in [0.15, 0.2) is 0 Å². The van der Waals surface area contributed by atoms with Crippen LogP contribution in [0, 0.1) is 11.8 Å². The Kier molecular flexibility index (Phi) is 6.49. The second kappa shape index (κ2) is 8.14. The summed E-state index contributed by atoms with van der Waals surface area (Å²) in [4.78, 5) is 14.8. The number of hydrogen-bond donors (Lipinski definition) is 1. The van der Waals surface area contributed by atoms with E-state index in [4.69, 9.17) is 4.74 Å². The molecule has 21 heavy (non-hydrogen) atoms. The van der Waals surface area contributed by atoms with Gasteiger partial charge in [-0.3, -0.25) is 10.1 Å². The Morgan fingerprint density at radius 2 is 2.24 bits per heavy atom. The lowest BCUT2D eigenvalue weighted by Gasteiger charge is -2.31. The third-order valence-corrected chi connectivity index (χ3v) is 4.60. The number of hydrogen-bond acceptors (Lipinski definition) is 3. The van der Waals surface area contributed by atoms with Crippen molar-refractivity contribution in [3.05, 3.63) is 0 Å². The van der Waals surface area contributed by atoms with Crippen LogP contribution in [0.25, 0.3) is 0 Å². The molecule has 0 aromatic heterocycles. The quantitative estimate of drug-likeness (QED) is 0.785. The summed E-state index contributed by atoms with van der Waals surface area (Å²) in [5, 5.41) is 3.58. The molecule has 0 aromatic rings. The number of nitrogens with one attached hydrogen (secondary N) is 1. The van der Waals surface area contributed by atoms with Crippen LogP contribution < -0.4 is 5.32 Å². The van der Waals surface area contributed by atoms with Gasteiger partial charge in [0.05, 0.1) is 18.8 Å². The third-order valence-electron chi connectivity index (χ3n) is 4.60. The Balaban J connectivity index is 1.96. The number of amides is 1. The van der Waals surface area contributed by atoms with Gasteiger partial charge in [0.2, 0.25) is 5.91 Å². The lowest BCUT2D eigenvalue weighted by atomic mass is 10.0. The molecule has 3 unspecified atom stereocenters. The van der Waals surface area contributed by atoms with Gasteiger partial charge in [0.1, 0.15) is 0 Å². The first-order valence-corrected chi connectivity index (χ1v) is 8.76. The summed E-state index contributed by atoms with van der Waals surface area (Å²) in [6.45, 7) is 9.21. The fourth-order valence-electron chi connectivity index (χ4n) is 3.45. The summed E-state index contributed by atoms with van der Waals surface area (Å²) in [7, 11) is 0. The van der Waals surface area contributed by atoms with Gasteiger partial charge in [-0.15, -0.1) is 0 Å². The largest absolute Gasteiger partial charge is 0.381 e. The van der Waals surface area contributed by atoms with Gasteiger partial charge in [-0.2, -0.15) is 0 Å². The van der Waals surface area contributed by atoms with E-state index in [0.29, 0.717) is 17.7 Å². The zero-order chi connectivity index (χ0) is 15.2.